The molecule has 1 aromatic carbocycles. The summed E-state index contributed by atoms with van der Waals surface area (Å²) in [5.41, 5.74) is 1.38. The quantitative estimate of drug-likeness (QED) is 0.822. The molecule has 1 aliphatic heterocycles. The van der Waals surface area contributed by atoms with Gasteiger partial charge < -0.3 is 19.0 Å². The maximum Gasteiger partial charge on any atom is 0.203 e. The highest BCUT2D eigenvalue weighted by atomic mass is 35.5. The van der Waals surface area contributed by atoms with Crippen LogP contribution in [0.15, 0.2) is 69.7 Å². The Labute approximate surface area is 154 Å². The lowest BCUT2D eigenvalue weighted by Gasteiger charge is -2.18. The molecular formula is C20H15ClO5. The Bertz CT molecular complexity index is 1060. The number of fused-ring (bicyclic) bond motifs is 1. The van der Waals surface area contributed by atoms with Crippen LogP contribution in [-0.4, -0.2) is 5.11 Å². The standard InChI is InChI=1S/C20H15ClO5/c21-16-7-14-18(8-17(16)22)25-10-15(20(14)23)19-11-24-9-13(26-19)6-12-4-2-1-3-5-12/h1-2,4,7-11,22H,3,5-6H2. The number of phenolic OH excluding ortho intramolecular Hbond substituents is 1. The van der Waals surface area contributed by atoms with E-state index in [2.05, 4.69) is 12.2 Å². The van der Waals surface area contributed by atoms with Gasteiger partial charge in [0.15, 0.2) is 5.76 Å². The van der Waals surface area contributed by atoms with Crippen LogP contribution in [0.3, 0.4) is 0 Å². The Hall–Kier alpha value is -2.92. The summed E-state index contributed by atoms with van der Waals surface area (Å²) in [5.74, 6) is 0.744. The SMILES string of the molecule is O=c1c(C2=COC=C(CC3=CC=CCC3)O2)coc2cc(O)c(Cl)cc12. The van der Waals surface area contributed by atoms with E-state index in [9.17, 15) is 9.90 Å². The van der Waals surface area contributed by atoms with Crippen LogP contribution in [0.1, 0.15) is 24.8 Å². The van der Waals surface area contributed by atoms with Gasteiger partial charge in [-0.05, 0) is 18.9 Å². The second-order valence-corrected chi connectivity index (χ2v) is 6.46. The molecule has 0 unspecified atom stereocenters. The van der Waals surface area contributed by atoms with Crippen LogP contribution in [0, 0.1) is 0 Å². The molecule has 2 aromatic rings. The summed E-state index contributed by atoms with van der Waals surface area (Å²) < 4.78 is 16.7. The fourth-order valence-electron chi connectivity index (χ4n) is 2.89. The zero-order chi connectivity index (χ0) is 18.1. The van der Waals surface area contributed by atoms with Gasteiger partial charge in [0, 0.05) is 12.5 Å². The predicted molar refractivity (Wildman–Crippen MR) is 98.5 cm³/mol. The van der Waals surface area contributed by atoms with E-state index in [1.54, 1.807) is 0 Å². The van der Waals surface area contributed by atoms with Crippen LogP contribution in [0.2, 0.25) is 5.02 Å². The monoisotopic (exact) mass is 370 g/mol. The molecule has 0 radical (unpaired) electrons. The second-order valence-electron chi connectivity index (χ2n) is 6.05. The molecule has 0 fully saturated rings. The highest BCUT2D eigenvalue weighted by Crippen LogP contribution is 2.31. The van der Waals surface area contributed by atoms with Crippen molar-refractivity contribution in [2.24, 2.45) is 0 Å². The predicted octanol–water partition coefficient (Wildman–Crippen LogP) is 5.01. The Morgan fingerprint density at radius 2 is 2.12 bits per heavy atom. The molecule has 0 amide bonds. The zero-order valence-electron chi connectivity index (χ0n) is 13.7. The molecule has 1 aliphatic carbocycles. The molecule has 1 N–H and O–H groups in total. The summed E-state index contributed by atoms with van der Waals surface area (Å²) in [6, 6.07) is 2.69. The Morgan fingerprint density at radius 3 is 2.92 bits per heavy atom. The lowest BCUT2D eigenvalue weighted by atomic mass is 10.0. The first-order valence-electron chi connectivity index (χ1n) is 8.13. The molecular weight excluding hydrogens is 356 g/mol. The maximum absolute atomic E-state index is 12.8. The van der Waals surface area contributed by atoms with E-state index >= 15 is 0 Å². The summed E-state index contributed by atoms with van der Waals surface area (Å²) in [5, 5.41) is 9.98. The largest absolute Gasteiger partial charge is 0.506 e. The average molecular weight is 371 g/mol. The molecule has 1 aromatic heterocycles. The second kappa shape index (κ2) is 6.77. The molecule has 0 spiro atoms. The summed E-state index contributed by atoms with van der Waals surface area (Å²) in [6.07, 6.45) is 13.0. The Kier molecular flexibility index (Phi) is 4.31. The van der Waals surface area contributed by atoms with E-state index in [0.717, 1.165) is 12.8 Å². The number of aromatic hydroxyl groups is 1. The van der Waals surface area contributed by atoms with Crippen molar-refractivity contribution in [2.75, 3.05) is 0 Å². The fraction of sp³-hybridized carbons (Fsp3) is 0.150. The Morgan fingerprint density at radius 1 is 1.23 bits per heavy atom. The smallest absolute Gasteiger partial charge is 0.203 e. The minimum atomic E-state index is -0.316. The third-order valence-corrected chi connectivity index (χ3v) is 4.53. The maximum atomic E-state index is 12.8. The van der Waals surface area contributed by atoms with Crippen LogP contribution in [0.5, 0.6) is 5.75 Å². The number of rotatable bonds is 3. The van der Waals surface area contributed by atoms with Crippen LogP contribution >= 0.6 is 11.6 Å². The first-order chi connectivity index (χ1) is 12.6. The highest BCUT2D eigenvalue weighted by molar-refractivity contribution is 6.32. The summed E-state index contributed by atoms with van der Waals surface area (Å²) in [7, 11) is 0. The molecule has 5 nitrogen and oxygen atoms in total. The van der Waals surface area contributed by atoms with Crippen molar-refractivity contribution >= 4 is 28.3 Å². The molecule has 6 heteroatoms. The van der Waals surface area contributed by atoms with Gasteiger partial charge in [0.05, 0.1) is 10.4 Å². The van der Waals surface area contributed by atoms with Gasteiger partial charge in [-0.1, -0.05) is 35.4 Å². The van der Waals surface area contributed by atoms with Gasteiger partial charge in [-0.15, -0.1) is 0 Å². The number of allylic oxidation sites excluding steroid dienone is 4. The van der Waals surface area contributed by atoms with Gasteiger partial charge in [-0.2, -0.15) is 0 Å². The topological polar surface area (TPSA) is 68.9 Å². The third kappa shape index (κ3) is 3.13. The van der Waals surface area contributed by atoms with Gasteiger partial charge >= 0.3 is 0 Å². The number of ether oxygens (including phenoxy) is 2. The highest BCUT2D eigenvalue weighted by Gasteiger charge is 2.19. The number of benzene rings is 1. The lowest BCUT2D eigenvalue weighted by Crippen LogP contribution is -2.11. The van der Waals surface area contributed by atoms with Crippen molar-refractivity contribution in [3.63, 3.8) is 0 Å². The third-order valence-electron chi connectivity index (χ3n) is 4.22. The van der Waals surface area contributed by atoms with Crippen LogP contribution in [0.4, 0.5) is 0 Å². The van der Waals surface area contributed by atoms with Crippen molar-refractivity contribution in [1.29, 1.82) is 0 Å². The van der Waals surface area contributed by atoms with Crippen molar-refractivity contribution in [2.45, 2.75) is 19.3 Å². The first-order valence-corrected chi connectivity index (χ1v) is 8.51. The van der Waals surface area contributed by atoms with Crippen molar-refractivity contribution in [1.82, 2.24) is 0 Å². The van der Waals surface area contributed by atoms with E-state index in [4.69, 9.17) is 25.5 Å². The first kappa shape index (κ1) is 16.5. The normalized spacial score (nSPS) is 16.4. The summed E-state index contributed by atoms with van der Waals surface area (Å²) in [6.45, 7) is 0. The van der Waals surface area contributed by atoms with E-state index in [0.29, 0.717) is 12.2 Å². The minimum Gasteiger partial charge on any atom is -0.506 e. The lowest BCUT2D eigenvalue weighted by molar-refractivity contribution is 0.272. The fourth-order valence-corrected chi connectivity index (χ4v) is 3.05. The molecule has 4 rings (SSSR count). The van der Waals surface area contributed by atoms with Crippen molar-refractivity contribution in [3.05, 3.63) is 81.3 Å². The average Bonchev–Trinajstić information content (AvgIpc) is 2.65. The van der Waals surface area contributed by atoms with E-state index in [1.165, 1.54) is 36.5 Å². The van der Waals surface area contributed by atoms with E-state index in [-0.39, 0.29) is 38.5 Å². The number of hydrogen-bond acceptors (Lipinski definition) is 5. The van der Waals surface area contributed by atoms with Gasteiger partial charge in [0.25, 0.3) is 0 Å². The molecule has 0 saturated carbocycles. The summed E-state index contributed by atoms with van der Waals surface area (Å²) in [4.78, 5) is 12.8. The van der Waals surface area contributed by atoms with Crippen LogP contribution < -0.4 is 5.43 Å². The van der Waals surface area contributed by atoms with Crippen molar-refractivity contribution < 1.29 is 19.0 Å². The van der Waals surface area contributed by atoms with Gasteiger partial charge in [0.2, 0.25) is 5.43 Å². The Balaban J connectivity index is 1.63. The molecule has 0 bridgehead atoms. The van der Waals surface area contributed by atoms with Gasteiger partial charge in [0.1, 0.15) is 41.4 Å². The molecule has 132 valence electrons. The molecule has 0 saturated heterocycles. The zero-order valence-corrected chi connectivity index (χ0v) is 14.5. The van der Waals surface area contributed by atoms with Crippen molar-refractivity contribution in [3.8, 4) is 5.75 Å². The minimum absolute atomic E-state index is 0.0783. The van der Waals surface area contributed by atoms with Gasteiger partial charge in [-0.25, -0.2) is 0 Å². The number of phenols is 1. The molecule has 2 heterocycles. The van der Waals surface area contributed by atoms with Crippen LogP contribution in [0.25, 0.3) is 16.7 Å². The number of halogens is 1. The summed E-state index contributed by atoms with van der Waals surface area (Å²) >= 11 is 5.91. The van der Waals surface area contributed by atoms with E-state index in [1.807, 2.05) is 6.08 Å². The van der Waals surface area contributed by atoms with Gasteiger partial charge in [-0.3, -0.25) is 4.79 Å². The number of hydrogen-bond donors (Lipinski definition) is 1. The molecule has 2 aliphatic rings. The molecule has 0 atom stereocenters. The van der Waals surface area contributed by atoms with Crippen LogP contribution in [-0.2, 0) is 9.47 Å². The molecule has 26 heavy (non-hydrogen) atoms. The van der Waals surface area contributed by atoms with E-state index < -0.39 is 0 Å².